The van der Waals surface area contributed by atoms with Gasteiger partial charge in [-0.05, 0) is 30.2 Å². The van der Waals surface area contributed by atoms with Crippen LogP contribution in [-0.2, 0) is 0 Å². The van der Waals surface area contributed by atoms with Crippen molar-refractivity contribution in [2.45, 2.75) is 12.3 Å². The molecule has 0 aliphatic carbocycles. The Morgan fingerprint density at radius 1 is 1.05 bits per heavy atom. The standard InChI is InChI=1S/C15H12ClF3O/c1-8-5-10(20-2)3-4-11(8)15(16)14-12(18)6-9(17)7-13(14)19/h3-7,15H,1-2H3. The molecule has 0 N–H and O–H groups in total. The molecule has 0 saturated heterocycles. The molecular formula is C15H12ClF3O. The van der Waals surface area contributed by atoms with Gasteiger partial charge in [-0.1, -0.05) is 6.07 Å². The maximum atomic E-state index is 13.7. The van der Waals surface area contributed by atoms with E-state index in [1.807, 2.05) is 0 Å². The van der Waals surface area contributed by atoms with Gasteiger partial charge in [-0.2, -0.15) is 0 Å². The molecule has 2 aromatic rings. The van der Waals surface area contributed by atoms with Crippen LogP contribution >= 0.6 is 11.6 Å². The van der Waals surface area contributed by atoms with Crippen molar-refractivity contribution in [3.8, 4) is 5.75 Å². The first kappa shape index (κ1) is 14.7. The molecule has 20 heavy (non-hydrogen) atoms. The molecule has 0 spiro atoms. The number of rotatable bonds is 3. The minimum Gasteiger partial charge on any atom is -0.497 e. The van der Waals surface area contributed by atoms with Gasteiger partial charge >= 0.3 is 0 Å². The largest absolute Gasteiger partial charge is 0.497 e. The quantitative estimate of drug-likeness (QED) is 0.743. The summed E-state index contributed by atoms with van der Waals surface area (Å²) in [6.07, 6.45) is 0. The predicted molar refractivity (Wildman–Crippen MR) is 71.7 cm³/mol. The fraction of sp³-hybridized carbons (Fsp3) is 0.200. The Morgan fingerprint density at radius 3 is 2.15 bits per heavy atom. The van der Waals surface area contributed by atoms with Crippen molar-refractivity contribution in [3.63, 3.8) is 0 Å². The molecule has 0 heterocycles. The first-order chi connectivity index (χ1) is 9.43. The molecule has 106 valence electrons. The Balaban J connectivity index is 2.49. The zero-order valence-electron chi connectivity index (χ0n) is 10.9. The van der Waals surface area contributed by atoms with Gasteiger partial charge in [0, 0.05) is 17.7 Å². The van der Waals surface area contributed by atoms with Crippen molar-refractivity contribution in [1.29, 1.82) is 0 Å². The molecular weight excluding hydrogens is 289 g/mol. The second-order valence-corrected chi connectivity index (χ2v) is 4.80. The van der Waals surface area contributed by atoms with Gasteiger partial charge in [0.05, 0.1) is 12.5 Å². The van der Waals surface area contributed by atoms with E-state index in [0.29, 0.717) is 23.4 Å². The van der Waals surface area contributed by atoms with Crippen molar-refractivity contribution in [2.24, 2.45) is 0 Å². The summed E-state index contributed by atoms with van der Waals surface area (Å²) in [7, 11) is 1.52. The zero-order valence-corrected chi connectivity index (χ0v) is 11.6. The van der Waals surface area contributed by atoms with Crippen LogP contribution in [-0.4, -0.2) is 7.11 Å². The average Bonchev–Trinajstić information content (AvgIpc) is 2.37. The van der Waals surface area contributed by atoms with Gasteiger partial charge in [0.25, 0.3) is 0 Å². The minimum absolute atomic E-state index is 0.360. The number of methoxy groups -OCH3 is 1. The highest BCUT2D eigenvalue weighted by Crippen LogP contribution is 2.35. The smallest absolute Gasteiger partial charge is 0.134 e. The molecule has 0 aliphatic heterocycles. The van der Waals surface area contributed by atoms with E-state index in [4.69, 9.17) is 16.3 Å². The Morgan fingerprint density at radius 2 is 1.65 bits per heavy atom. The molecule has 0 amide bonds. The lowest BCUT2D eigenvalue weighted by Crippen LogP contribution is -2.04. The summed E-state index contributed by atoms with van der Waals surface area (Å²) in [5.41, 5.74) is 0.908. The Hall–Kier alpha value is -1.68. The van der Waals surface area contributed by atoms with Gasteiger partial charge in [-0.15, -0.1) is 11.6 Å². The van der Waals surface area contributed by atoms with Crippen molar-refractivity contribution in [2.75, 3.05) is 7.11 Å². The van der Waals surface area contributed by atoms with E-state index in [2.05, 4.69) is 0 Å². The molecule has 0 aromatic heterocycles. The fourth-order valence-corrected chi connectivity index (χ4v) is 2.46. The molecule has 0 saturated carbocycles. The maximum Gasteiger partial charge on any atom is 0.134 e. The Kier molecular flexibility index (Phi) is 4.23. The first-order valence-electron chi connectivity index (χ1n) is 5.87. The SMILES string of the molecule is COc1ccc(C(Cl)c2c(F)cc(F)cc2F)c(C)c1. The summed E-state index contributed by atoms with van der Waals surface area (Å²) in [4.78, 5) is 0. The Labute approximate surface area is 119 Å². The number of halogens is 4. The highest BCUT2D eigenvalue weighted by Gasteiger charge is 2.22. The molecule has 1 unspecified atom stereocenters. The number of aryl methyl sites for hydroxylation is 1. The molecule has 1 atom stereocenters. The van der Waals surface area contributed by atoms with Gasteiger partial charge < -0.3 is 4.74 Å². The highest BCUT2D eigenvalue weighted by molar-refractivity contribution is 6.22. The molecule has 0 aliphatic rings. The second-order valence-electron chi connectivity index (χ2n) is 4.37. The van der Waals surface area contributed by atoms with Gasteiger partial charge in [0.1, 0.15) is 23.2 Å². The monoisotopic (exact) mass is 300 g/mol. The van der Waals surface area contributed by atoms with Crippen molar-refractivity contribution in [1.82, 2.24) is 0 Å². The van der Waals surface area contributed by atoms with Gasteiger partial charge in [0.2, 0.25) is 0 Å². The summed E-state index contributed by atoms with van der Waals surface area (Å²) in [6.45, 7) is 1.76. The maximum absolute atomic E-state index is 13.7. The van der Waals surface area contributed by atoms with Crippen molar-refractivity contribution >= 4 is 11.6 Å². The van der Waals surface area contributed by atoms with Gasteiger partial charge in [-0.25, -0.2) is 13.2 Å². The van der Waals surface area contributed by atoms with E-state index in [-0.39, 0.29) is 5.56 Å². The van der Waals surface area contributed by atoms with Crippen LogP contribution in [0.3, 0.4) is 0 Å². The van der Waals surface area contributed by atoms with Crippen LogP contribution in [0, 0.1) is 24.4 Å². The molecule has 2 rings (SSSR count). The summed E-state index contributed by atoms with van der Waals surface area (Å²) in [6, 6.07) is 6.23. The van der Waals surface area contributed by atoms with Crippen LogP contribution in [0.1, 0.15) is 22.1 Å². The van der Waals surface area contributed by atoms with Crippen LogP contribution in [0.25, 0.3) is 0 Å². The predicted octanol–water partition coefficient (Wildman–Crippen LogP) is 4.75. The fourth-order valence-electron chi connectivity index (χ4n) is 2.01. The van der Waals surface area contributed by atoms with Crippen molar-refractivity contribution in [3.05, 3.63) is 64.5 Å². The normalized spacial score (nSPS) is 12.3. The van der Waals surface area contributed by atoms with E-state index in [0.717, 1.165) is 5.56 Å². The molecule has 0 radical (unpaired) electrons. The molecule has 1 nitrogen and oxygen atoms in total. The number of ether oxygens (including phenoxy) is 1. The van der Waals surface area contributed by atoms with E-state index in [1.165, 1.54) is 7.11 Å². The van der Waals surface area contributed by atoms with Crippen LogP contribution < -0.4 is 4.74 Å². The minimum atomic E-state index is -1.04. The van der Waals surface area contributed by atoms with Crippen LogP contribution in [0.2, 0.25) is 0 Å². The lowest BCUT2D eigenvalue weighted by atomic mass is 9.99. The lowest BCUT2D eigenvalue weighted by molar-refractivity contribution is 0.414. The van der Waals surface area contributed by atoms with Crippen LogP contribution in [0.4, 0.5) is 13.2 Å². The number of hydrogen-bond acceptors (Lipinski definition) is 1. The summed E-state index contributed by atoms with van der Waals surface area (Å²) >= 11 is 6.15. The van der Waals surface area contributed by atoms with E-state index < -0.39 is 22.8 Å². The molecule has 0 bridgehead atoms. The van der Waals surface area contributed by atoms with Gasteiger partial charge in [-0.3, -0.25) is 0 Å². The Bertz CT molecular complexity index is 620. The third kappa shape index (κ3) is 2.75. The zero-order chi connectivity index (χ0) is 14.9. The topological polar surface area (TPSA) is 9.23 Å². The van der Waals surface area contributed by atoms with E-state index in [1.54, 1.807) is 25.1 Å². The highest BCUT2D eigenvalue weighted by atomic mass is 35.5. The molecule has 2 aromatic carbocycles. The van der Waals surface area contributed by atoms with Crippen molar-refractivity contribution < 1.29 is 17.9 Å². The molecule has 0 fully saturated rings. The number of alkyl halides is 1. The third-order valence-electron chi connectivity index (χ3n) is 3.05. The first-order valence-corrected chi connectivity index (χ1v) is 6.30. The third-order valence-corrected chi connectivity index (χ3v) is 3.50. The molecule has 5 heteroatoms. The second kappa shape index (κ2) is 5.75. The number of hydrogen-bond donors (Lipinski definition) is 0. The van der Waals surface area contributed by atoms with E-state index >= 15 is 0 Å². The lowest BCUT2D eigenvalue weighted by Gasteiger charge is -2.15. The average molecular weight is 301 g/mol. The summed E-state index contributed by atoms with van der Waals surface area (Å²) in [5.74, 6) is -2.36. The summed E-state index contributed by atoms with van der Waals surface area (Å²) < 4.78 is 45.4. The number of benzene rings is 2. The summed E-state index contributed by atoms with van der Waals surface area (Å²) in [5, 5.41) is -1.04. The van der Waals surface area contributed by atoms with E-state index in [9.17, 15) is 13.2 Å². The van der Waals surface area contributed by atoms with Crippen LogP contribution in [0.5, 0.6) is 5.75 Å². The van der Waals surface area contributed by atoms with Crippen LogP contribution in [0.15, 0.2) is 30.3 Å². The van der Waals surface area contributed by atoms with Gasteiger partial charge in [0.15, 0.2) is 0 Å².